The van der Waals surface area contributed by atoms with Crippen LogP contribution in [-0.2, 0) is 6.54 Å². The molecule has 23 heavy (non-hydrogen) atoms. The van der Waals surface area contributed by atoms with Crippen molar-refractivity contribution in [2.45, 2.75) is 39.3 Å². The van der Waals surface area contributed by atoms with Crippen molar-refractivity contribution in [1.29, 1.82) is 0 Å². The molecule has 1 aliphatic rings. The Kier molecular flexibility index (Phi) is 4.81. The summed E-state index contributed by atoms with van der Waals surface area (Å²) in [5, 5.41) is 3.26. The van der Waals surface area contributed by atoms with Crippen molar-refractivity contribution in [3.63, 3.8) is 0 Å². The van der Waals surface area contributed by atoms with Crippen LogP contribution >= 0.6 is 0 Å². The lowest BCUT2D eigenvalue weighted by molar-refractivity contribution is 0.241. The van der Waals surface area contributed by atoms with E-state index >= 15 is 0 Å². The van der Waals surface area contributed by atoms with Gasteiger partial charge in [-0.3, -0.25) is 9.88 Å². The lowest BCUT2D eigenvalue weighted by Crippen LogP contribution is -2.24. The molecular formula is C17H22FN5. The Labute approximate surface area is 136 Å². The van der Waals surface area contributed by atoms with E-state index in [0.29, 0.717) is 6.54 Å². The number of anilines is 1. The summed E-state index contributed by atoms with van der Waals surface area (Å²) in [6, 6.07) is 5.52. The maximum absolute atomic E-state index is 13.0. The fourth-order valence-electron chi connectivity index (χ4n) is 3.09. The van der Waals surface area contributed by atoms with E-state index in [1.807, 2.05) is 13.0 Å². The highest BCUT2D eigenvalue weighted by molar-refractivity contribution is 5.37. The fourth-order valence-corrected chi connectivity index (χ4v) is 3.09. The minimum atomic E-state index is -0.298. The van der Waals surface area contributed by atoms with Crippen LogP contribution in [0.1, 0.15) is 43.0 Å². The summed E-state index contributed by atoms with van der Waals surface area (Å²) in [5.41, 5.74) is 1.93. The molecule has 1 N–H and O–H groups in total. The van der Waals surface area contributed by atoms with Crippen molar-refractivity contribution in [2.24, 2.45) is 0 Å². The summed E-state index contributed by atoms with van der Waals surface area (Å²) in [7, 11) is 0. The Hall–Kier alpha value is -2.08. The van der Waals surface area contributed by atoms with Crippen LogP contribution in [0.2, 0.25) is 0 Å². The van der Waals surface area contributed by atoms with Crippen LogP contribution in [0.3, 0.4) is 0 Å². The molecule has 1 saturated heterocycles. The van der Waals surface area contributed by atoms with Gasteiger partial charge in [0.1, 0.15) is 17.5 Å². The maximum atomic E-state index is 13.0. The van der Waals surface area contributed by atoms with E-state index in [-0.39, 0.29) is 11.9 Å². The summed E-state index contributed by atoms with van der Waals surface area (Å²) in [6.45, 7) is 6.53. The summed E-state index contributed by atoms with van der Waals surface area (Å²) < 4.78 is 13.0. The molecule has 1 aliphatic heterocycles. The van der Waals surface area contributed by atoms with Crippen LogP contribution < -0.4 is 5.32 Å². The van der Waals surface area contributed by atoms with Crippen molar-refractivity contribution in [1.82, 2.24) is 19.9 Å². The molecule has 2 aromatic heterocycles. The first-order chi connectivity index (χ1) is 11.2. The summed E-state index contributed by atoms with van der Waals surface area (Å²) in [4.78, 5) is 15.6. The number of hydrogen-bond acceptors (Lipinski definition) is 5. The maximum Gasteiger partial charge on any atom is 0.141 e. The molecule has 0 amide bonds. The second kappa shape index (κ2) is 7.00. The van der Waals surface area contributed by atoms with Crippen LogP contribution in [0.15, 0.2) is 24.4 Å². The van der Waals surface area contributed by atoms with Crippen LogP contribution in [0.25, 0.3) is 0 Å². The van der Waals surface area contributed by atoms with E-state index in [4.69, 9.17) is 0 Å². The largest absolute Gasteiger partial charge is 0.370 e. The highest BCUT2D eigenvalue weighted by Crippen LogP contribution is 2.32. The van der Waals surface area contributed by atoms with E-state index < -0.39 is 0 Å². The monoisotopic (exact) mass is 315 g/mol. The first kappa shape index (κ1) is 15.8. The van der Waals surface area contributed by atoms with Crippen molar-refractivity contribution >= 4 is 5.82 Å². The van der Waals surface area contributed by atoms with Gasteiger partial charge in [0.2, 0.25) is 0 Å². The SMILES string of the molecule is CCNc1cc([C@H]2CCCN2Cc2ccc(F)cn2)nc(C)n1. The number of halogens is 1. The second-order valence-electron chi connectivity index (χ2n) is 5.85. The van der Waals surface area contributed by atoms with Gasteiger partial charge in [0, 0.05) is 19.2 Å². The van der Waals surface area contributed by atoms with Gasteiger partial charge < -0.3 is 5.32 Å². The van der Waals surface area contributed by atoms with Crippen molar-refractivity contribution in [2.75, 3.05) is 18.4 Å². The molecule has 3 rings (SSSR count). The van der Waals surface area contributed by atoms with Crippen LogP contribution in [0.4, 0.5) is 10.2 Å². The number of pyridine rings is 1. The smallest absolute Gasteiger partial charge is 0.141 e. The zero-order chi connectivity index (χ0) is 16.2. The van der Waals surface area contributed by atoms with Gasteiger partial charge in [-0.1, -0.05) is 0 Å². The second-order valence-corrected chi connectivity index (χ2v) is 5.85. The van der Waals surface area contributed by atoms with Crippen LogP contribution in [0.5, 0.6) is 0 Å². The number of likely N-dealkylation sites (tertiary alicyclic amines) is 1. The average Bonchev–Trinajstić information content (AvgIpc) is 2.97. The first-order valence-corrected chi connectivity index (χ1v) is 8.09. The Bertz CT molecular complexity index is 659. The number of nitrogens with zero attached hydrogens (tertiary/aromatic N) is 4. The van der Waals surface area contributed by atoms with Crippen molar-refractivity contribution in [3.8, 4) is 0 Å². The van der Waals surface area contributed by atoms with E-state index in [1.165, 1.54) is 12.3 Å². The molecule has 122 valence electrons. The summed E-state index contributed by atoms with van der Waals surface area (Å²) in [6.07, 6.45) is 3.48. The normalized spacial score (nSPS) is 18.3. The van der Waals surface area contributed by atoms with Gasteiger partial charge in [0.25, 0.3) is 0 Å². The minimum Gasteiger partial charge on any atom is -0.370 e. The fraction of sp³-hybridized carbons (Fsp3) is 0.471. The summed E-state index contributed by atoms with van der Waals surface area (Å²) in [5.74, 6) is 1.36. The topological polar surface area (TPSA) is 53.9 Å². The Balaban J connectivity index is 1.79. The number of aromatic nitrogens is 3. The number of rotatable bonds is 5. The Morgan fingerprint density at radius 3 is 2.96 bits per heavy atom. The zero-order valence-corrected chi connectivity index (χ0v) is 13.6. The standard InChI is InChI=1S/C17H22FN5/c1-3-19-17-9-15(21-12(2)22-17)16-5-4-8-23(16)11-14-7-6-13(18)10-20-14/h6-7,9-10,16H,3-5,8,11H2,1-2H3,(H,19,21,22)/t16-/m1/s1. The third-order valence-electron chi connectivity index (χ3n) is 4.07. The molecule has 6 heteroatoms. The number of hydrogen-bond donors (Lipinski definition) is 1. The predicted molar refractivity (Wildman–Crippen MR) is 87.5 cm³/mol. The van der Waals surface area contributed by atoms with Gasteiger partial charge in [-0.2, -0.15) is 0 Å². The molecule has 0 spiro atoms. The van der Waals surface area contributed by atoms with E-state index in [0.717, 1.165) is 49.0 Å². The predicted octanol–water partition coefficient (Wildman–Crippen LogP) is 3.09. The zero-order valence-electron chi connectivity index (χ0n) is 13.6. The van der Waals surface area contributed by atoms with E-state index in [2.05, 4.69) is 32.1 Å². The minimum absolute atomic E-state index is 0.265. The van der Waals surface area contributed by atoms with Gasteiger partial charge in [-0.15, -0.1) is 0 Å². The van der Waals surface area contributed by atoms with Crippen molar-refractivity contribution < 1.29 is 4.39 Å². The first-order valence-electron chi connectivity index (χ1n) is 8.09. The third kappa shape index (κ3) is 3.82. The molecule has 0 radical (unpaired) electrons. The molecule has 0 aliphatic carbocycles. The lowest BCUT2D eigenvalue weighted by Gasteiger charge is -2.24. The molecule has 2 aromatic rings. The molecule has 0 bridgehead atoms. The van der Waals surface area contributed by atoms with Gasteiger partial charge >= 0.3 is 0 Å². The Morgan fingerprint density at radius 1 is 1.35 bits per heavy atom. The van der Waals surface area contributed by atoms with Crippen LogP contribution in [-0.4, -0.2) is 32.9 Å². The highest BCUT2D eigenvalue weighted by atomic mass is 19.1. The quantitative estimate of drug-likeness (QED) is 0.919. The molecule has 1 atom stereocenters. The molecular weight excluding hydrogens is 293 g/mol. The third-order valence-corrected chi connectivity index (χ3v) is 4.07. The van der Waals surface area contributed by atoms with E-state index in [9.17, 15) is 4.39 Å². The average molecular weight is 315 g/mol. The lowest BCUT2D eigenvalue weighted by atomic mass is 10.1. The number of aryl methyl sites for hydroxylation is 1. The van der Waals surface area contributed by atoms with Crippen LogP contribution in [0, 0.1) is 12.7 Å². The molecule has 1 fully saturated rings. The molecule has 0 saturated carbocycles. The van der Waals surface area contributed by atoms with Gasteiger partial charge in [0.05, 0.1) is 23.6 Å². The van der Waals surface area contributed by atoms with E-state index in [1.54, 1.807) is 6.07 Å². The van der Waals surface area contributed by atoms with Gasteiger partial charge in [-0.05, 0) is 45.4 Å². The van der Waals surface area contributed by atoms with Gasteiger partial charge in [-0.25, -0.2) is 14.4 Å². The molecule has 0 aromatic carbocycles. The van der Waals surface area contributed by atoms with Crippen molar-refractivity contribution in [3.05, 3.63) is 47.4 Å². The molecule has 0 unspecified atom stereocenters. The highest BCUT2D eigenvalue weighted by Gasteiger charge is 2.28. The number of nitrogens with one attached hydrogen (secondary N) is 1. The summed E-state index contributed by atoms with van der Waals surface area (Å²) >= 11 is 0. The molecule has 3 heterocycles. The Morgan fingerprint density at radius 2 is 2.22 bits per heavy atom. The molecule has 5 nitrogen and oxygen atoms in total. The van der Waals surface area contributed by atoms with Gasteiger partial charge in [0.15, 0.2) is 0 Å².